The van der Waals surface area contributed by atoms with Crippen LogP contribution in [0.4, 0.5) is 10.7 Å². The number of nitrogen functional groups attached to an aromatic ring is 1. The molecule has 21 heavy (non-hydrogen) atoms. The van der Waals surface area contributed by atoms with Crippen LogP contribution in [0.25, 0.3) is 0 Å². The number of anilines is 2. The van der Waals surface area contributed by atoms with Crippen molar-refractivity contribution in [2.24, 2.45) is 0 Å². The minimum absolute atomic E-state index is 0.0507. The number of carbonyl (C=O) groups is 1. The lowest BCUT2D eigenvalue weighted by molar-refractivity contribution is 0.0958. The van der Waals surface area contributed by atoms with Crippen molar-refractivity contribution in [3.8, 4) is 0 Å². The van der Waals surface area contributed by atoms with E-state index in [9.17, 15) is 4.79 Å². The fourth-order valence-corrected chi connectivity index (χ4v) is 3.85. The third-order valence-corrected chi connectivity index (χ3v) is 5.01. The topological polar surface area (TPSA) is 61.6 Å². The summed E-state index contributed by atoms with van der Waals surface area (Å²) in [6, 6.07) is 2.38. The Bertz CT molecular complexity index is 488. The van der Waals surface area contributed by atoms with E-state index in [-0.39, 0.29) is 5.91 Å². The molecule has 0 radical (unpaired) electrons. The van der Waals surface area contributed by atoms with Gasteiger partial charge in [-0.15, -0.1) is 11.3 Å². The van der Waals surface area contributed by atoms with Gasteiger partial charge in [0.2, 0.25) is 0 Å². The summed E-state index contributed by atoms with van der Waals surface area (Å²) in [5, 5.41) is 4.01. The van der Waals surface area contributed by atoms with Crippen molar-refractivity contribution >= 4 is 27.9 Å². The lowest BCUT2D eigenvalue weighted by Gasteiger charge is -2.28. The van der Waals surface area contributed by atoms with Gasteiger partial charge in [-0.25, -0.2) is 0 Å². The second kappa shape index (κ2) is 7.13. The summed E-state index contributed by atoms with van der Waals surface area (Å²) in [5.74, 6) is -0.0507. The Labute approximate surface area is 131 Å². The standard InChI is InChI=1S/C15H26N4OS/c1-4-6-17-15(20)14-12(16)9-13(21-14)19-8-5-7-18(3)10-11(19)2/h9,11H,4-8,10,16H2,1-3H3,(H,17,20). The molecule has 1 fully saturated rings. The maximum atomic E-state index is 12.1. The summed E-state index contributed by atoms with van der Waals surface area (Å²) in [6.45, 7) is 8.13. The second-order valence-corrected chi connectivity index (χ2v) is 6.81. The van der Waals surface area contributed by atoms with Gasteiger partial charge in [0.15, 0.2) is 0 Å². The lowest BCUT2D eigenvalue weighted by atomic mass is 10.2. The Morgan fingerprint density at radius 3 is 3.00 bits per heavy atom. The molecule has 5 nitrogen and oxygen atoms in total. The zero-order chi connectivity index (χ0) is 15.4. The molecule has 1 atom stereocenters. The SMILES string of the molecule is CCCNC(=O)c1sc(N2CCCN(C)CC2C)cc1N. The van der Waals surface area contributed by atoms with Crippen LogP contribution < -0.4 is 16.0 Å². The van der Waals surface area contributed by atoms with Gasteiger partial charge in [-0.1, -0.05) is 6.92 Å². The van der Waals surface area contributed by atoms with Crippen molar-refractivity contribution in [2.45, 2.75) is 32.7 Å². The summed E-state index contributed by atoms with van der Waals surface area (Å²) in [4.78, 5) is 17.5. The Morgan fingerprint density at radius 1 is 1.52 bits per heavy atom. The molecular formula is C15H26N4OS. The van der Waals surface area contributed by atoms with E-state index in [4.69, 9.17) is 5.73 Å². The van der Waals surface area contributed by atoms with Gasteiger partial charge in [0.05, 0.1) is 10.7 Å². The molecule has 1 unspecified atom stereocenters. The Hall–Kier alpha value is -1.27. The molecule has 1 aliphatic heterocycles. The molecule has 3 N–H and O–H groups in total. The Kier molecular flexibility index (Phi) is 5.47. The highest BCUT2D eigenvalue weighted by Crippen LogP contribution is 2.34. The molecule has 1 aromatic heterocycles. The van der Waals surface area contributed by atoms with Gasteiger partial charge >= 0.3 is 0 Å². The zero-order valence-electron chi connectivity index (χ0n) is 13.2. The molecule has 0 aliphatic carbocycles. The molecule has 0 saturated carbocycles. The number of likely N-dealkylation sites (N-methyl/N-ethyl adjacent to an activating group) is 1. The third kappa shape index (κ3) is 3.89. The molecular weight excluding hydrogens is 284 g/mol. The van der Waals surface area contributed by atoms with Crippen LogP contribution in [0, 0.1) is 0 Å². The molecule has 2 rings (SSSR count). The summed E-state index contributed by atoms with van der Waals surface area (Å²) in [7, 11) is 2.16. The minimum atomic E-state index is -0.0507. The molecule has 118 valence electrons. The molecule has 1 aliphatic rings. The molecule has 6 heteroatoms. The van der Waals surface area contributed by atoms with Crippen LogP contribution in [0.3, 0.4) is 0 Å². The number of carbonyl (C=O) groups excluding carboxylic acids is 1. The molecule has 1 amide bonds. The number of rotatable bonds is 4. The maximum Gasteiger partial charge on any atom is 0.263 e. The molecule has 2 heterocycles. The van der Waals surface area contributed by atoms with Crippen molar-refractivity contribution in [3.63, 3.8) is 0 Å². The first-order chi connectivity index (χ1) is 10.0. The van der Waals surface area contributed by atoms with Crippen LogP contribution >= 0.6 is 11.3 Å². The molecule has 1 saturated heterocycles. The first kappa shape index (κ1) is 16.1. The van der Waals surface area contributed by atoms with Crippen LogP contribution in [-0.4, -0.2) is 50.1 Å². The molecule has 0 bridgehead atoms. The minimum Gasteiger partial charge on any atom is -0.397 e. The van der Waals surface area contributed by atoms with E-state index in [0.29, 0.717) is 23.2 Å². The van der Waals surface area contributed by atoms with Crippen molar-refractivity contribution in [1.29, 1.82) is 0 Å². The van der Waals surface area contributed by atoms with E-state index in [1.165, 1.54) is 11.3 Å². The van der Waals surface area contributed by atoms with Gasteiger partial charge in [0, 0.05) is 25.7 Å². The van der Waals surface area contributed by atoms with Gasteiger partial charge in [-0.2, -0.15) is 0 Å². The molecule has 0 aromatic carbocycles. The van der Waals surface area contributed by atoms with Crippen LogP contribution in [0.15, 0.2) is 6.07 Å². The second-order valence-electron chi connectivity index (χ2n) is 5.78. The highest BCUT2D eigenvalue weighted by molar-refractivity contribution is 7.18. The van der Waals surface area contributed by atoms with Crippen LogP contribution in [0.5, 0.6) is 0 Å². The predicted molar refractivity (Wildman–Crippen MR) is 90.3 cm³/mol. The van der Waals surface area contributed by atoms with Crippen LogP contribution in [0.2, 0.25) is 0 Å². The van der Waals surface area contributed by atoms with E-state index in [2.05, 4.69) is 29.1 Å². The lowest BCUT2D eigenvalue weighted by Crippen LogP contribution is -2.37. The number of hydrogen-bond acceptors (Lipinski definition) is 5. The molecule has 1 aromatic rings. The van der Waals surface area contributed by atoms with Crippen molar-refractivity contribution in [3.05, 3.63) is 10.9 Å². The number of hydrogen-bond donors (Lipinski definition) is 2. The Morgan fingerprint density at radius 2 is 2.29 bits per heavy atom. The van der Waals surface area contributed by atoms with Crippen LogP contribution in [-0.2, 0) is 0 Å². The number of nitrogens with two attached hydrogens (primary N) is 1. The zero-order valence-corrected chi connectivity index (χ0v) is 14.0. The van der Waals surface area contributed by atoms with E-state index in [1.54, 1.807) is 0 Å². The van der Waals surface area contributed by atoms with E-state index in [1.807, 2.05) is 13.0 Å². The Balaban J connectivity index is 2.15. The van der Waals surface area contributed by atoms with Crippen molar-refractivity contribution < 1.29 is 4.79 Å². The van der Waals surface area contributed by atoms with Crippen molar-refractivity contribution in [2.75, 3.05) is 43.9 Å². The van der Waals surface area contributed by atoms with Gasteiger partial charge in [0.1, 0.15) is 4.88 Å². The monoisotopic (exact) mass is 310 g/mol. The van der Waals surface area contributed by atoms with E-state index < -0.39 is 0 Å². The highest BCUT2D eigenvalue weighted by Gasteiger charge is 2.23. The first-order valence-corrected chi connectivity index (χ1v) is 8.47. The number of nitrogens with one attached hydrogen (secondary N) is 1. The maximum absolute atomic E-state index is 12.1. The smallest absolute Gasteiger partial charge is 0.263 e. The number of nitrogens with zero attached hydrogens (tertiary/aromatic N) is 2. The largest absolute Gasteiger partial charge is 0.397 e. The first-order valence-electron chi connectivity index (χ1n) is 7.65. The fraction of sp³-hybridized carbons (Fsp3) is 0.667. The van der Waals surface area contributed by atoms with Crippen molar-refractivity contribution in [1.82, 2.24) is 10.2 Å². The number of thiophene rings is 1. The predicted octanol–water partition coefficient (Wildman–Crippen LogP) is 2.00. The van der Waals surface area contributed by atoms with Gasteiger partial charge < -0.3 is 20.9 Å². The summed E-state index contributed by atoms with van der Waals surface area (Å²) in [5.41, 5.74) is 6.64. The quantitative estimate of drug-likeness (QED) is 0.893. The van der Waals surface area contributed by atoms with Gasteiger partial charge in [-0.3, -0.25) is 4.79 Å². The van der Waals surface area contributed by atoms with E-state index in [0.717, 1.165) is 37.5 Å². The summed E-state index contributed by atoms with van der Waals surface area (Å²) in [6.07, 6.45) is 2.06. The summed E-state index contributed by atoms with van der Waals surface area (Å²) < 4.78 is 0. The highest BCUT2D eigenvalue weighted by atomic mass is 32.1. The number of amides is 1. The third-order valence-electron chi connectivity index (χ3n) is 3.82. The average molecular weight is 310 g/mol. The average Bonchev–Trinajstić information content (AvgIpc) is 2.73. The molecule has 0 spiro atoms. The van der Waals surface area contributed by atoms with Crippen LogP contribution in [0.1, 0.15) is 36.4 Å². The van der Waals surface area contributed by atoms with Gasteiger partial charge in [0.25, 0.3) is 5.91 Å². The van der Waals surface area contributed by atoms with E-state index >= 15 is 0 Å². The summed E-state index contributed by atoms with van der Waals surface area (Å²) >= 11 is 1.51. The normalized spacial score (nSPS) is 20.3. The fourth-order valence-electron chi connectivity index (χ4n) is 2.73. The van der Waals surface area contributed by atoms with Gasteiger partial charge in [-0.05, 0) is 39.4 Å².